The minimum absolute atomic E-state index is 0.342. The van der Waals surface area contributed by atoms with Crippen molar-refractivity contribution in [2.45, 2.75) is 43.5 Å². The molecule has 29 heavy (non-hydrogen) atoms. The predicted molar refractivity (Wildman–Crippen MR) is 122 cm³/mol. The highest BCUT2D eigenvalue weighted by atomic mass is 32.2. The summed E-state index contributed by atoms with van der Waals surface area (Å²) >= 11 is 13.1. The van der Waals surface area contributed by atoms with Crippen molar-refractivity contribution in [2.24, 2.45) is 0 Å². The quantitative estimate of drug-likeness (QED) is 0.466. The smallest absolute Gasteiger partial charge is 0.338 e. The van der Waals surface area contributed by atoms with E-state index in [0.29, 0.717) is 20.7 Å². The molecule has 1 heterocycles. The summed E-state index contributed by atoms with van der Waals surface area (Å²) in [5.74, 6) is -0.417. The normalized spacial score (nSPS) is 30.1. The van der Waals surface area contributed by atoms with Crippen molar-refractivity contribution in [3.05, 3.63) is 35.4 Å². The minimum Gasteiger partial charge on any atom is -0.468 e. The predicted octanol–water partition coefficient (Wildman–Crippen LogP) is 3.73. The molecule has 1 saturated heterocycles. The van der Waals surface area contributed by atoms with Crippen molar-refractivity contribution in [3.63, 3.8) is 0 Å². The van der Waals surface area contributed by atoms with Crippen LogP contribution in [0.15, 0.2) is 24.3 Å². The molecule has 6 nitrogen and oxygen atoms in total. The maximum atomic E-state index is 12.6. The van der Waals surface area contributed by atoms with Crippen LogP contribution in [0.5, 0.6) is 0 Å². The van der Waals surface area contributed by atoms with Crippen LogP contribution in [0.3, 0.4) is 0 Å². The molecule has 1 unspecified atom stereocenters. The van der Waals surface area contributed by atoms with Crippen LogP contribution in [0.2, 0.25) is 0 Å². The number of carbonyl (C=O) groups is 1. The molecular weight excluding hydrogens is 452 g/mol. The van der Waals surface area contributed by atoms with Crippen molar-refractivity contribution in [1.82, 2.24) is 0 Å². The van der Waals surface area contributed by atoms with E-state index in [1.807, 2.05) is 31.6 Å². The average molecular weight is 475 g/mol. The number of benzene rings is 1. The van der Waals surface area contributed by atoms with E-state index in [2.05, 4.69) is 0 Å². The van der Waals surface area contributed by atoms with E-state index in [0.717, 1.165) is 5.56 Å². The van der Waals surface area contributed by atoms with Crippen LogP contribution in [-0.4, -0.2) is 64.6 Å². The summed E-state index contributed by atoms with van der Waals surface area (Å²) in [6, 6.07) is 7.20. The maximum Gasteiger partial charge on any atom is 0.338 e. The molecule has 2 aliphatic rings. The molecule has 158 valence electrons. The zero-order valence-corrected chi connectivity index (χ0v) is 19.7. The SMILES string of the molecule is CO[C@@H]1OC2(C[C@H]2OC(=O)c2ccc(C)cc2)[C@@H](OC(=S)SC)[C@H]1OC(=S)SC. The summed E-state index contributed by atoms with van der Waals surface area (Å²) in [5, 5.41) is 0. The maximum absolute atomic E-state index is 12.6. The Morgan fingerprint density at radius 2 is 1.72 bits per heavy atom. The lowest BCUT2D eigenvalue weighted by atomic mass is 10.1. The third-order valence-corrected chi connectivity index (χ3v) is 6.88. The standard InChI is InChI=1S/C19H22O6S4/c1-10-5-7-11(8-6-10)15(20)22-12-9-19(12)14(24-18(27)29-4)13(16(21-2)25-19)23-17(26)28-3/h5-8,12-14,16H,9H2,1-4H3/t12-,13-,14+,16-,19?/m1/s1. The van der Waals surface area contributed by atoms with Gasteiger partial charge in [0, 0.05) is 13.5 Å². The van der Waals surface area contributed by atoms with Crippen LogP contribution in [0.25, 0.3) is 0 Å². The molecule has 1 saturated carbocycles. The van der Waals surface area contributed by atoms with E-state index in [1.165, 1.54) is 30.6 Å². The fraction of sp³-hybridized carbons (Fsp3) is 0.526. The monoisotopic (exact) mass is 474 g/mol. The van der Waals surface area contributed by atoms with E-state index >= 15 is 0 Å². The summed E-state index contributed by atoms with van der Waals surface area (Å²) in [4.78, 5) is 12.6. The summed E-state index contributed by atoms with van der Waals surface area (Å²) in [5.41, 5.74) is 0.655. The van der Waals surface area contributed by atoms with Crippen molar-refractivity contribution in [1.29, 1.82) is 0 Å². The third-order valence-electron chi connectivity index (χ3n) is 4.83. The van der Waals surface area contributed by atoms with E-state index in [9.17, 15) is 4.79 Å². The second-order valence-electron chi connectivity index (χ2n) is 6.67. The van der Waals surface area contributed by atoms with Crippen LogP contribution in [0, 0.1) is 6.92 Å². The summed E-state index contributed by atoms with van der Waals surface area (Å²) < 4.78 is 29.8. The molecule has 0 radical (unpaired) electrons. The van der Waals surface area contributed by atoms with Gasteiger partial charge in [-0.3, -0.25) is 0 Å². The van der Waals surface area contributed by atoms with E-state index in [-0.39, 0.29) is 0 Å². The van der Waals surface area contributed by atoms with Gasteiger partial charge in [-0.1, -0.05) is 41.2 Å². The largest absolute Gasteiger partial charge is 0.468 e. The first kappa shape index (κ1) is 22.8. The van der Waals surface area contributed by atoms with E-state index in [4.69, 9.17) is 48.1 Å². The number of hydrogen-bond acceptors (Lipinski definition) is 10. The van der Waals surface area contributed by atoms with Crippen molar-refractivity contribution < 1.29 is 28.5 Å². The van der Waals surface area contributed by atoms with Gasteiger partial charge in [-0.05, 0) is 56.0 Å². The third kappa shape index (κ3) is 4.88. The van der Waals surface area contributed by atoms with Gasteiger partial charge in [-0.2, -0.15) is 0 Å². The molecule has 1 aromatic rings. The molecule has 0 bridgehead atoms. The van der Waals surface area contributed by atoms with Gasteiger partial charge >= 0.3 is 5.97 Å². The lowest BCUT2D eigenvalue weighted by molar-refractivity contribution is -0.156. The lowest BCUT2D eigenvalue weighted by Gasteiger charge is -2.25. The molecule has 0 aromatic heterocycles. The Balaban J connectivity index is 1.78. The molecule has 2 fully saturated rings. The number of aryl methyl sites for hydroxylation is 1. The molecule has 1 spiro atoms. The number of thiocarbonyl (C=S) groups is 2. The van der Waals surface area contributed by atoms with Gasteiger partial charge in [-0.15, -0.1) is 0 Å². The number of thioether (sulfide) groups is 2. The number of carbonyl (C=O) groups excluding carboxylic acids is 1. The zero-order chi connectivity index (χ0) is 21.2. The Kier molecular flexibility index (Phi) is 7.45. The summed E-state index contributed by atoms with van der Waals surface area (Å²) in [6.07, 6.45) is 1.63. The fourth-order valence-corrected chi connectivity index (χ4v) is 3.85. The zero-order valence-electron chi connectivity index (χ0n) is 16.4. The Labute approximate surface area is 189 Å². The van der Waals surface area contributed by atoms with Crippen molar-refractivity contribution >= 4 is 62.7 Å². The lowest BCUT2D eigenvalue weighted by Crippen LogP contribution is -2.42. The Hall–Kier alpha value is -0.910. The number of hydrogen-bond donors (Lipinski definition) is 0. The Morgan fingerprint density at radius 3 is 2.31 bits per heavy atom. The van der Waals surface area contributed by atoms with Gasteiger partial charge in [0.05, 0.1) is 5.56 Å². The number of methoxy groups -OCH3 is 1. The highest BCUT2D eigenvalue weighted by Gasteiger charge is 2.74. The van der Waals surface area contributed by atoms with Crippen LogP contribution in [0.4, 0.5) is 0 Å². The minimum atomic E-state index is -0.889. The molecule has 0 N–H and O–H groups in total. The summed E-state index contributed by atoms with van der Waals surface area (Å²) in [7, 11) is 1.52. The number of ether oxygens (including phenoxy) is 5. The molecule has 1 aromatic carbocycles. The van der Waals surface area contributed by atoms with Gasteiger partial charge in [-0.25, -0.2) is 4.79 Å². The summed E-state index contributed by atoms with van der Waals surface area (Å²) in [6.45, 7) is 1.96. The van der Waals surface area contributed by atoms with Gasteiger partial charge in [0.2, 0.25) is 8.77 Å². The van der Waals surface area contributed by atoms with Gasteiger partial charge in [0.25, 0.3) is 0 Å². The first-order valence-corrected chi connectivity index (χ1v) is 12.1. The van der Waals surface area contributed by atoms with Gasteiger partial charge in [0.1, 0.15) is 6.10 Å². The number of rotatable bonds is 5. The van der Waals surface area contributed by atoms with Crippen molar-refractivity contribution in [2.75, 3.05) is 19.6 Å². The van der Waals surface area contributed by atoms with Gasteiger partial charge < -0.3 is 23.7 Å². The van der Waals surface area contributed by atoms with Gasteiger partial charge in [0.15, 0.2) is 24.1 Å². The van der Waals surface area contributed by atoms with Crippen molar-refractivity contribution in [3.8, 4) is 0 Å². The molecule has 0 amide bonds. The number of esters is 1. The van der Waals surface area contributed by atoms with Crippen LogP contribution < -0.4 is 0 Å². The Morgan fingerprint density at radius 1 is 1.10 bits per heavy atom. The second kappa shape index (κ2) is 9.49. The highest BCUT2D eigenvalue weighted by Crippen LogP contribution is 2.54. The highest BCUT2D eigenvalue weighted by molar-refractivity contribution is 8.22. The van der Waals surface area contributed by atoms with Crippen LogP contribution >= 0.6 is 48.0 Å². The second-order valence-corrected chi connectivity index (χ2v) is 9.49. The molecule has 3 rings (SSSR count). The first-order valence-electron chi connectivity index (χ1n) is 8.82. The fourth-order valence-electron chi connectivity index (χ4n) is 3.23. The Bertz CT molecular complexity index is 785. The topological polar surface area (TPSA) is 63.2 Å². The molecular formula is C19H22O6S4. The molecule has 5 atom stereocenters. The average Bonchev–Trinajstić information content (AvgIpc) is 3.32. The van der Waals surface area contributed by atoms with E-state index < -0.39 is 36.2 Å². The molecule has 1 aliphatic carbocycles. The van der Waals surface area contributed by atoms with Crippen LogP contribution in [0.1, 0.15) is 22.3 Å². The van der Waals surface area contributed by atoms with E-state index in [1.54, 1.807) is 12.1 Å². The first-order chi connectivity index (χ1) is 13.8. The molecule has 10 heteroatoms. The molecule has 1 aliphatic heterocycles. The van der Waals surface area contributed by atoms with Crippen LogP contribution in [-0.2, 0) is 23.7 Å².